The van der Waals surface area contributed by atoms with Crippen LogP contribution < -0.4 is 10.1 Å². The molecule has 0 radical (unpaired) electrons. The molecule has 2 amide bonds. The number of rotatable bonds is 6. The summed E-state index contributed by atoms with van der Waals surface area (Å²) in [5, 5.41) is 3.00. The highest BCUT2D eigenvalue weighted by Crippen LogP contribution is 2.17. The van der Waals surface area contributed by atoms with E-state index >= 15 is 0 Å². The highest BCUT2D eigenvalue weighted by Gasteiger charge is 2.26. The van der Waals surface area contributed by atoms with E-state index in [2.05, 4.69) is 5.32 Å². The summed E-state index contributed by atoms with van der Waals surface area (Å²) < 4.78 is 5.62. The van der Waals surface area contributed by atoms with Crippen LogP contribution in [0.1, 0.15) is 39.2 Å². The molecule has 1 aromatic carbocycles. The van der Waals surface area contributed by atoms with Gasteiger partial charge >= 0.3 is 0 Å². The lowest BCUT2D eigenvalue weighted by Gasteiger charge is -2.31. The Morgan fingerprint density at radius 3 is 2.62 bits per heavy atom. The molecule has 5 nitrogen and oxygen atoms in total. The molecule has 132 valence electrons. The van der Waals surface area contributed by atoms with Gasteiger partial charge in [0.1, 0.15) is 5.75 Å². The van der Waals surface area contributed by atoms with Crippen molar-refractivity contribution in [3.8, 4) is 5.75 Å². The molecule has 0 bridgehead atoms. The van der Waals surface area contributed by atoms with Crippen molar-refractivity contribution in [2.24, 2.45) is 5.92 Å². The van der Waals surface area contributed by atoms with E-state index in [0.717, 1.165) is 31.6 Å². The molecular formula is C19H28N2O3. The zero-order valence-electron chi connectivity index (χ0n) is 14.9. The maximum absolute atomic E-state index is 12.3. The Morgan fingerprint density at radius 1 is 1.29 bits per heavy atom. The zero-order chi connectivity index (χ0) is 17.5. The van der Waals surface area contributed by atoms with Gasteiger partial charge in [0, 0.05) is 26.6 Å². The Labute approximate surface area is 144 Å². The number of amides is 2. The van der Waals surface area contributed by atoms with Crippen LogP contribution in [-0.2, 0) is 16.0 Å². The maximum atomic E-state index is 12.3. The summed E-state index contributed by atoms with van der Waals surface area (Å²) in [4.78, 5) is 25.5. The standard InChI is InChI=1S/C19H28N2O3/c1-14(2)24-18-8-6-16(7-9-18)10-11-20-19(23)17-5-4-12-21(13-17)15(3)22/h6-9,14,17H,4-5,10-13H2,1-3H3,(H,20,23)/t17-/m0/s1. The number of nitrogens with zero attached hydrogens (tertiary/aromatic N) is 1. The molecule has 1 aromatic rings. The monoisotopic (exact) mass is 332 g/mol. The van der Waals surface area contributed by atoms with Gasteiger partial charge in [-0.25, -0.2) is 0 Å². The van der Waals surface area contributed by atoms with Crippen molar-refractivity contribution >= 4 is 11.8 Å². The van der Waals surface area contributed by atoms with E-state index in [4.69, 9.17) is 4.74 Å². The van der Waals surface area contributed by atoms with Crippen molar-refractivity contribution < 1.29 is 14.3 Å². The number of hydrogen-bond acceptors (Lipinski definition) is 3. The van der Waals surface area contributed by atoms with Crippen LogP contribution in [0, 0.1) is 5.92 Å². The van der Waals surface area contributed by atoms with E-state index in [0.29, 0.717) is 13.1 Å². The molecule has 1 saturated heterocycles. The SMILES string of the molecule is CC(=O)N1CCC[C@H](C(=O)NCCc2ccc(OC(C)C)cc2)C1. The second-order valence-corrected chi connectivity index (χ2v) is 6.66. The van der Waals surface area contributed by atoms with Gasteiger partial charge in [-0.3, -0.25) is 9.59 Å². The number of piperidine rings is 1. The number of carbonyl (C=O) groups excluding carboxylic acids is 2. The normalized spacial score (nSPS) is 17.7. The van der Waals surface area contributed by atoms with E-state index < -0.39 is 0 Å². The average Bonchev–Trinajstić information content (AvgIpc) is 2.56. The number of nitrogens with one attached hydrogen (secondary N) is 1. The average molecular weight is 332 g/mol. The van der Waals surface area contributed by atoms with Gasteiger partial charge in [-0.15, -0.1) is 0 Å². The van der Waals surface area contributed by atoms with Gasteiger partial charge in [0.2, 0.25) is 11.8 Å². The minimum absolute atomic E-state index is 0.0520. The number of benzene rings is 1. The molecule has 0 saturated carbocycles. The van der Waals surface area contributed by atoms with Crippen molar-refractivity contribution in [2.45, 2.75) is 46.1 Å². The summed E-state index contributed by atoms with van der Waals surface area (Å²) in [5.74, 6) is 0.894. The fourth-order valence-corrected chi connectivity index (χ4v) is 2.96. The third kappa shape index (κ3) is 5.55. The predicted octanol–water partition coefficient (Wildman–Crippen LogP) is 2.39. The third-order valence-corrected chi connectivity index (χ3v) is 4.25. The fraction of sp³-hybridized carbons (Fsp3) is 0.579. The first-order valence-electron chi connectivity index (χ1n) is 8.74. The van der Waals surface area contributed by atoms with Crippen LogP contribution in [0.25, 0.3) is 0 Å². The molecule has 1 fully saturated rings. The molecule has 2 rings (SSSR count). The van der Waals surface area contributed by atoms with E-state index in [1.54, 1.807) is 11.8 Å². The van der Waals surface area contributed by atoms with Gasteiger partial charge < -0.3 is 15.0 Å². The van der Waals surface area contributed by atoms with Gasteiger partial charge in [-0.05, 0) is 50.8 Å². The number of carbonyl (C=O) groups is 2. The number of hydrogen-bond donors (Lipinski definition) is 1. The Balaban J connectivity index is 1.75. The van der Waals surface area contributed by atoms with Gasteiger partial charge in [0.15, 0.2) is 0 Å². The van der Waals surface area contributed by atoms with Crippen LogP contribution in [0.2, 0.25) is 0 Å². The molecule has 0 aliphatic carbocycles. The minimum atomic E-state index is -0.0792. The Bertz CT molecular complexity index is 554. The minimum Gasteiger partial charge on any atom is -0.491 e. The predicted molar refractivity (Wildman–Crippen MR) is 93.9 cm³/mol. The topological polar surface area (TPSA) is 58.6 Å². The van der Waals surface area contributed by atoms with Crippen LogP contribution in [0.15, 0.2) is 24.3 Å². The van der Waals surface area contributed by atoms with Crippen molar-refractivity contribution in [2.75, 3.05) is 19.6 Å². The Morgan fingerprint density at radius 2 is 2.00 bits per heavy atom. The summed E-state index contributed by atoms with van der Waals surface area (Å²) >= 11 is 0. The molecule has 1 heterocycles. The van der Waals surface area contributed by atoms with E-state index in [1.807, 2.05) is 38.1 Å². The first-order valence-corrected chi connectivity index (χ1v) is 8.74. The van der Waals surface area contributed by atoms with Gasteiger partial charge in [-0.2, -0.15) is 0 Å². The van der Waals surface area contributed by atoms with Crippen molar-refractivity contribution in [3.05, 3.63) is 29.8 Å². The second-order valence-electron chi connectivity index (χ2n) is 6.66. The Kier molecular flexibility index (Phi) is 6.64. The van der Waals surface area contributed by atoms with Crippen molar-refractivity contribution in [3.63, 3.8) is 0 Å². The summed E-state index contributed by atoms with van der Waals surface area (Å²) in [6.45, 7) is 7.49. The van der Waals surface area contributed by atoms with Crippen LogP contribution >= 0.6 is 0 Å². The second kappa shape index (κ2) is 8.71. The molecule has 1 aliphatic rings. The van der Waals surface area contributed by atoms with Crippen LogP contribution in [0.5, 0.6) is 5.75 Å². The maximum Gasteiger partial charge on any atom is 0.224 e. The largest absolute Gasteiger partial charge is 0.491 e. The molecular weight excluding hydrogens is 304 g/mol. The van der Waals surface area contributed by atoms with Gasteiger partial charge in [0.05, 0.1) is 12.0 Å². The van der Waals surface area contributed by atoms with Gasteiger partial charge in [0.25, 0.3) is 0 Å². The highest BCUT2D eigenvalue weighted by molar-refractivity contribution is 5.80. The van der Waals surface area contributed by atoms with E-state index in [9.17, 15) is 9.59 Å². The molecule has 1 aliphatic heterocycles. The zero-order valence-corrected chi connectivity index (χ0v) is 14.9. The molecule has 1 N–H and O–H groups in total. The van der Waals surface area contributed by atoms with Gasteiger partial charge in [-0.1, -0.05) is 12.1 Å². The van der Waals surface area contributed by atoms with Crippen molar-refractivity contribution in [1.82, 2.24) is 10.2 Å². The highest BCUT2D eigenvalue weighted by atomic mass is 16.5. The number of likely N-dealkylation sites (tertiary alicyclic amines) is 1. The van der Waals surface area contributed by atoms with E-state index in [1.165, 1.54) is 5.56 Å². The molecule has 0 unspecified atom stereocenters. The molecule has 24 heavy (non-hydrogen) atoms. The van der Waals surface area contributed by atoms with Crippen LogP contribution in [0.3, 0.4) is 0 Å². The molecule has 1 atom stereocenters. The quantitative estimate of drug-likeness (QED) is 0.870. The lowest BCUT2D eigenvalue weighted by molar-refractivity contribution is -0.133. The molecule has 0 aromatic heterocycles. The fourth-order valence-electron chi connectivity index (χ4n) is 2.96. The first-order chi connectivity index (χ1) is 11.5. The lowest BCUT2D eigenvalue weighted by Crippen LogP contribution is -2.45. The number of ether oxygens (including phenoxy) is 1. The lowest BCUT2D eigenvalue weighted by atomic mass is 9.97. The smallest absolute Gasteiger partial charge is 0.224 e. The van der Waals surface area contributed by atoms with E-state index in [-0.39, 0.29) is 23.8 Å². The first kappa shape index (κ1) is 18.3. The molecule has 0 spiro atoms. The summed E-state index contributed by atoms with van der Waals surface area (Å²) in [6.07, 6.45) is 2.71. The van der Waals surface area contributed by atoms with Crippen LogP contribution in [-0.4, -0.2) is 42.5 Å². The Hall–Kier alpha value is -2.04. The summed E-state index contributed by atoms with van der Waals surface area (Å²) in [7, 11) is 0. The molecule has 5 heteroatoms. The third-order valence-electron chi connectivity index (χ3n) is 4.25. The summed E-state index contributed by atoms with van der Waals surface area (Å²) in [5.41, 5.74) is 1.17. The summed E-state index contributed by atoms with van der Waals surface area (Å²) in [6, 6.07) is 7.98. The van der Waals surface area contributed by atoms with Crippen LogP contribution in [0.4, 0.5) is 0 Å². The van der Waals surface area contributed by atoms with Crippen molar-refractivity contribution in [1.29, 1.82) is 0 Å².